The van der Waals surface area contributed by atoms with E-state index in [9.17, 15) is 22.0 Å². The number of halogens is 6. The van der Waals surface area contributed by atoms with Gasteiger partial charge in [0.1, 0.15) is 11.6 Å². The van der Waals surface area contributed by atoms with E-state index < -0.39 is 36.0 Å². The van der Waals surface area contributed by atoms with Crippen molar-refractivity contribution in [3.05, 3.63) is 89.4 Å². The second kappa shape index (κ2) is 13.1. The van der Waals surface area contributed by atoms with Crippen molar-refractivity contribution in [1.82, 2.24) is 4.98 Å². The lowest BCUT2D eigenvalue weighted by atomic mass is 9.98. The van der Waals surface area contributed by atoms with Crippen LogP contribution < -0.4 is 9.47 Å². The fourth-order valence-electron chi connectivity index (χ4n) is 4.37. The topological polar surface area (TPSA) is 31.4 Å². The Morgan fingerprint density at radius 3 is 2.25 bits per heavy atom. The number of rotatable bonds is 12. The van der Waals surface area contributed by atoms with Crippen LogP contribution in [0.15, 0.2) is 60.8 Å². The smallest absolute Gasteiger partial charge is 0.422 e. The third kappa shape index (κ3) is 7.67. The SMILES string of the molecule is CCCCCCOc1ccc(-c2ccc3c(F)c(CCc4cc(F)c(OCC(F)(F)F)c(F)c4)ccc3c2)nc1. The minimum atomic E-state index is -4.73. The van der Waals surface area contributed by atoms with Crippen LogP contribution in [-0.2, 0) is 12.8 Å². The van der Waals surface area contributed by atoms with Gasteiger partial charge in [0.15, 0.2) is 24.0 Å². The molecule has 0 spiro atoms. The number of unbranched alkanes of at least 4 members (excludes halogenated alkanes) is 3. The van der Waals surface area contributed by atoms with Gasteiger partial charge in [0.2, 0.25) is 0 Å². The van der Waals surface area contributed by atoms with E-state index in [0.29, 0.717) is 28.7 Å². The molecule has 1 heterocycles. The molecule has 0 saturated heterocycles. The van der Waals surface area contributed by atoms with Gasteiger partial charge in [0.05, 0.1) is 18.5 Å². The number of pyridine rings is 1. The van der Waals surface area contributed by atoms with Crippen LogP contribution in [0.25, 0.3) is 22.0 Å². The highest BCUT2D eigenvalue weighted by Gasteiger charge is 2.30. The van der Waals surface area contributed by atoms with Crippen LogP contribution in [0.3, 0.4) is 0 Å². The molecule has 0 radical (unpaired) electrons. The molecule has 4 aromatic rings. The van der Waals surface area contributed by atoms with E-state index in [1.165, 1.54) is 12.8 Å². The second-order valence-electron chi connectivity index (χ2n) is 9.56. The van der Waals surface area contributed by atoms with Crippen molar-refractivity contribution in [2.75, 3.05) is 13.2 Å². The number of ether oxygens (including phenoxy) is 2. The van der Waals surface area contributed by atoms with Gasteiger partial charge in [-0.2, -0.15) is 13.2 Å². The Bertz CT molecular complexity index is 1410. The van der Waals surface area contributed by atoms with Gasteiger partial charge < -0.3 is 9.47 Å². The number of hydrogen-bond acceptors (Lipinski definition) is 3. The molecule has 0 saturated carbocycles. The number of aryl methyl sites for hydroxylation is 2. The molecule has 0 bridgehead atoms. The summed E-state index contributed by atoms with van der Waals surface area (Å²) in [6.45, 7) is 0.995. The van der Waals surface area contributed by atoms with Crippen LogP contribution in [0.5, 0.6) is 11.5 Å². The molecule has 212 valence electrons. The number of fused-ring (bicyclic) bond motifs is 1. The number of aromatic nitrogens is 1. The number of alkyl halides is 3. The first-order valence-corrected chi connectivity index (χ1v) is 13.1. The number of hydrogen-bond donors (Lipinski definition) is 0. The molecule has 4 rings (SSSR count). The molecular formula is C31H29F6NO2. The van der Waals surface area contributed by atoms with Gasteiger partial charge in [0.25, 0.3) is 0 Å². The van der Waals surface area contributed by atoms with E-state index in [1.54, 1.807) is 30.5 Å². The molecule has 3 aromatic carbocycles. The van der Waals surface area contributed by atoms with E-state index >= 15 is 4.39 Å². The summed E-state index contributed by atoms with van der Waals surface area (Å²) in [7, 11) is 0. The highest BCUT2D eigenvalue weighted by Crippen LogP contribution is 2.29. The third-order valence-corrected chi connectivity index (χ3v) is 6.45. The Kier molecular flexibility index (Phi) is 9.55. The van der Waals surface area contributed by atoms with Crippen LogP contribution in [-0.4, -0.2) is 24.4 Å². The molecule has 0 unspecified atom stereocenters. The zero-order chi connectivity index (χ0) is 28.7. The summed E-state index contributed by atoms with van der Waals surface area (Å²) in [5.41, 5.74) is 2.05. The first-order valence-electron chi connectivity index (χ1n) is 13.1. The van der Waals surface area contributed by atoms with Gasteiger partial charge in [-0.15, -0.1) is 0 Å². The Morgan fingerprint density at radius 1 is 0.800 bits per heavy atom. The van der Waals surface area contributed by atoms with Crippen molar-refractivity contribution in [3.8, 4) is 22.8 Å². The van der Waals surface area contributed by atoms with Gasteiger partial charge in [0, 0.05) is 10.9 Å². The van der Waals surface area contributed by atoms with E-state index in [1.807, 2.05) is 18.2 Å². The van der Waals surface area contributed by atoms with Crippen molar-refractivity contribution in [2.24, 2.45) is 0 Å². The molecule has 9 heteroatoms. The molecule has 0 amide bonds. The first kappa shape index (κ1) is 29.2. The molecular weight excluding hydrogens is 532 g/mol. The fraction of sp³-hybridized carbons (Fsp3) is 0.323. The second-order valence-corrected chi connectivity index (χ2v) is 9.56. The molecule has 1 aromatic heterocycles. The van der Waals surface area contributed by atoms with Crippen molar-refractivity contribution in [3.63, 3.8) is 0 Å². The van der Waals surface area contributed by atoms with Gasteiger partial charge in [-0.3, -0.25) is 4.98 Å². The first-order chi connectivity index (χ1) is 19.1. The van der Waals surface area contributed by atoms with Gasteiger partial charge >= 0.3 is 6.18 Å². The molecule has 0 aliphatic carbocycles. The lowest BCUT2D eigenvalue weighted by molar-refractivity contribution is -0.154. The zero-order valence-electron chi connectivity index (χ0n) is 22.0. The normalized spacial score (nSPS) is 11.7. The lowest BCUT2D eigenvalue weighted by Crippen LogP contribution is -2.20. The van der Waals surface area contributed by atoms with Crippen LogP contribution in [0.4, 0.5) is 26.3 Å². The summed E-state index contributed by atoms with van der Waals surface area (Å²) in [6.07, 6.45) is 1.63. The van der Waals surface area contributed by atoms with Crippen LogP contribution >= 0.6 is 0 Å². The zero-order valence-corrected chi connectivity index (χ0v) is 22.0. The summed E-state index contributed by atoms with van der Waals surface area (Å²) in [5.74, 6) is -3.33. The molecule has 0 aliphatic rings. The van der Waals surface area contributed by atoms with E-state index in [4.69, 9.17) is 4.74 Å². The van der Waals surface area contributed by atoms with Crippen LogP contribution in [0.1, 0.15) is 43.7 Å². The molecule has 0 aliphatic heterocycles. The van der Waals surface area contributed by atoms with Gasteiger partial charge in [-0.1, -0.05) is 50.5 Å². The molecule has 40 heavy (non-hydrogen) atoms. The average molecular weight is 562 g/mol. The van der Waals surface area contributed by atoms with Gasteiger partial charge in [-0.25, -0.2) is 13.2 Å². The largest absolute Gasteiger partial charge is 0.492 e. The average Bonchev–Trinajstić information content (AvgIpc) is 2.92. The summed E-state index contributed by atoms with van der Waals surface area (Å²) < 4.78 is 90.6. The summed E-state index contributed by atoms with van der Waals surface area (Å²) in [6, 6.07) is 14.1. The molecule has 0 atom stereocenters. The molecule has 0 fully saturated rings. The molecule has 3 nitrogen and oxygen atoms in total. The minimum Gasteiger partial charge on any atom is -0.492 e. The van der Waals surface area contributed by atoms with E-state index in [-0.39, 0.29) is 18.4 Å². The highest BCUT2D eigenvalue weighted by molar-refractivity contribution is 5.88. The Hall–Kier alpha value is -3.75. The monoisotopic (exact) mass is 561 g/mol. The van der Waals surface area contributed by atoms with Crippen LogP contribution in [0, 0.1) is 17.5 Å². The van der Waals surface area contributed by atoms with E-state index in [2.05, 4.69) is 16.6 Å². The maximum absolute atomic E-state index is 15.3. The minimum absolute atomic E-state index is 0.0743. The molecule has 0 N–H and O–H groups in total. The number of nitrogens with zero attached hydrogens (tertiary/aromatic N) is 1. The summed E-state index contributed by atoms with van der Waals surface area (Å²) in [4.78, 5) is 4.47. The van der Waals surface area contributed by atoms with Crippen molar-refractivity contribution in [2.45, 2.75) is 51.6 Å². The van der Waals surface area contributed by atoms with Crippen molar-refractivity contribution < 1.29 is 35.8 Å². The lowest BCUT2D eigenvalue weighted by Gasteiger charge is -2.12. The fourth-order valence-corrected chi connectivity index (χ4v) is 4.37. The predicted molar refractivity (Wildman–Crippen MR) is 142 cm³/mol. The van der Waals surface area contributed by atoms with Crippen molar-refractivity contribution >= 4 is 10.8 Å². The summed E-state index contributed by atoms with van der Waals surface area (Å²) >= 11 is 0. The van der Waals surface area contributed by atoms with Crippen molar-refractivity contribution in [1.29, 1.82) is 0 Å². The number of benzene rings is 3. The van der Waals surface area contributed by atoms with Crippen LogP contribution in [0.2, 0.25) is 0 Å². The maximum Gasteiger partial charge on any atom is 0.422 e. The Morgan fingerprint density at radius 2 is 1.57 bits per heavy atom. The third-order valence-electron chi connectivity index (χ3n) is 6.45. The maximum atomic E-state index is 15.3. The quantitative estimate of drug-likeness (QED) is 0.128. The summed E-state index contributed by atoms with van der Waals surface area (Å²) in [5, 5.41) is 1.06. The Labute approximate surface area is 228 Å². The Balaban J connectivity index is 1.42. The van der Waals surface area contributed by atoms with E-state index in [0.717, 1.165) is 36.2 Å². The van der Waals surface area contributed by atoms with Gasteiger partial charge in [-0.05, 0) is 66.1 Å². The predicted octanol–water partition coefficient (Wildman–Crippen LogP) is 9.00. The highest BCUT2D eigenvalue weighted by atomic mass is 19.4. The standard InChI is InChI=1S/C31H29F6NO2/c1-2-3-4-5-14-39-24-11-13-28(38-18-24)23-10-12-25-22(17-23)9-8-21(29(25)34)7-6-20-15-26(32)30(27(33)16-20)40-19-31(35,36)37/h8-13,15-18H,2-7,14,19H2,1H3.